The topological polar surface area (TPSA) is 124 Å². The number of nitrogens with one attached hydrogen (secondary N) is 2. The molecule has 1 aliphatic rings. The van der Waals surface area contributed by atoms with Crippen molar-refractivity contribution in [1.82, 2.24) is 30.3 Å². The van der Waals surface area contributed by atoms with E-state index in [4.69, 9.17) is 9.72 Å². The van der Waals surface area contributed by atoms with Gasteiger partial charge in [0.2, 0.25) is 11.8 Å². The highest BCUT2D eigenvalue weighted by atomic mass is 32.1. The van der Waals surface area contributed by atoms with Crippen LogP contribution in [0.15, 0.2) is 66.6 Å². The lowest BCUT2D eigenvalue weighted by molar-refractivity contribution is -0.134. The molecule has 254 valence electrons. The summed E-state index contributed by atoms with van der Waals surface area (Å²) in [4.78, 5) is 33.8. The van der Waals surface area contributed by atoms with Crippen LogP contribution in [-0.2, 0) is 22.6 Å². The molecule has 10 nitrogen and oxygen atoms in total. The van der Waals surface area contributed by atoms with Crippen molar-refractivity contribution in [3.63, 3.8) is 0 Å². The maximum atomic E-state index is 16.0. The Balaban J connectivity index is 1.54. The van der Waals surface area contributed by atoms with Gasteiger partial charge in [0.1, 0.15) is 29.6 Å². The second-order valence-electron chi connectivity index (χ2n) is 12.6. The van der Waals surface area contributed by atoms with E-state index in [0.717, 1.165) is 26.8 Å². The summed E-state index contributed by atoms with van der Waals surface area (Å²) in [6.07, 6.45) is 1.04. The maximum Gasteiger partial charge on any atom is 0.243 e. The highest BCUT2D eigenvalue weighted by Gasteiger charge is 2.31. The number of halogens is 1. The number of fused-ring (bicyclic) bond motifs is 2. The minimum atomic E-state index is -0.765. The van der Waals surface area contributed by atoms with E-state index in [2.05, 4.69) is 39.1 Å². The quantitative estimate of drug-likeness (QED) is 0.161. The number of pyridine rings is 1. The smallest absolute Gasteiger partial charge is 0.243 e. The van der Waals surface area contributed by atoms with Crippen LogP contribution in [-0.4, -0.2) is 81.8 Å². The Morgan fingerprint density at radius 1 is 1.18 bits per heavy atom. The number of amides is 2. The largest absolute Gasteiger partial charge is 0.490 e. The van der Waals surface area contributed by atoms with Crippen molar-refractivity contribution >= 4 is 33.2 Å². The van der Waals surface area contributed by atoms with Gasteiger partial charge in [0.15, 0.2) is 0 Å². The number of aromatic amines is 1. The van der Waals surface area contributed by atoms with Crippen molar-refractivity contribution in [3.8, 4) is 39.5 Å². The molecule has 0 bridgehead atoms. The fraction of sp³-hybridized carbons (Fsp3) is 0.297. The molecule has 0 aliphatic carbocycles. The standard InChI is InChI=1S/C37H39FN6O4S/c1-7-31(46)39-21(3)27-17-28(42-41-27)35-33(32-26(38)9-8-10-30(32)48-19-20(2)45)36-25(13-14-49-36)34(40-35)23-12-11-22-16-29(37(47)43(4)5)44(6)18-24(22)15-23/h7-15,17,20-21,29,45H,1,16,18-19H2,2-6H3,(H,39,46)(H,41,42)/t20-,21-,29+/m1/s1. The Kier molecular flexibility index (Phi) is 9.64. The fourth-order valence-electron chi connectivity index (χ4n) is 6.21. The van der Waals surface area contributed by atoms with Crippen molar-refractivity contribution in [1.29, 1.82) is 0 Å². The number of nitrogens with zero attached hydrogens (tertiary/aromatic N) is 4. The van der Waals surface area contributed by atoms with Crippen LogP contribution in [0.4, 0.5) is 4.39 Å². The number of H-pyrrole nitrogens is 1. The first-order chi connectivity index (χ1) is 23.5. The van der Waals surface area contributed by atoms with Gasteiger partial charge in [0.05, 0.1) is 35.1 Å². The minimum Gasteiger partial charge on any atom is -0.490 e. The molecule has 4 heterocycles. The van der Waals surface area contributed by atoms with Crippen LogP contribution in [0.3, 0.4) is 0 Å². The number of aliphatic hydroxyl groups excluding tert-OH is 1. The molecule has 5 aromatic rings. The molecule has 3 N–H and O–H groups in total. The summed E-state index contributed by atoms with van der Waals surface area (Å²) < 4.78 is 22.7. The number of ether oxygens (including phenoxy) is 1. The van der Waals surface area contributed by atoms with E-state index in [-0.39, 0.29) is 35.8 Å². The Bertz CT molecular complexity index is 2050. The molecule has 2 amide bonds. The first kappa shape index (κ1) is 34.0. The van der Waals surface area contributed by atoms with E-state index in [1.165, 1.54) is 23.5 Å². The van der Waals surface area contributed by atoms with E-state index < -0.39 is 18.0 Å². The van der Waals surface area contributed by atoms with Crippen LogP contribution in [0.2, 0.25) is 0 Å². The zero-order chi connectivity index (χ0) is 35.0. The number of aliphatic hydroxyl groups is 1. The molecule has 3 aromatic heterocycles. The molecular formula is C37H39FN6O4S. The van der Waals surface area contributed by atoms with Gasteiger partial charge in [0, 0.05) is 41.9 Å². The lowest BCUT2D eigenvalue weighted by Crippen LogP contribution is -2.48. The van der Waals surface area contributed by atoms with Crippen molar-refractivity contribution in [2.75, 3.05) is 27.7 Å². The van der Waals surface area contributed by atoms with Gasteiger partial charge < -0.3 is 20.1 Å². The summed E-state index contributed by atoms with van der Waals surface area (Å²) in [5.41, 5.74) is 6.02. The number of carbonyl (C=O) groups is 2. The van der Waals surface area contributed by atoms with Crippen molar-refractivity contribution in [3.05, 3.63) is 89.2 Å². The molecule has 6 rings (SSSR count). The monoisotopic (exact) mass is 682 g/mol. The third-order valence-electron chi connectivity index (χ3n) is 8.73. The molecular weight excluding hydrogens is 644 g/mol. The second-order valence-corrected chi connectivity index (χ2v) is 13.5. The molecule has 12 heteroatoms. The molecule has 2 aromatic carbocycles. The van der Waals surface area contributed by atoms with Crippen LogP contribution in [0, 0.1) is 5.82 Å². The molecule has 0 saturated carbocycles. The van der Waals surface area contributed by atoms with Crippen LogP contribution >= 0.6 is 11.3 Å². The summed E-state index contributed by atoms with van der Waals surface area (Å²) in [6, 6.07) is 13.9. The van der Waals surface area contributed by atoms with Gasteiger partial charge in [0.25, 0.3) is 0 Å². The van der Waals surface area contributed by atoms with E-state index in [0.29, 0.717) is 41.3 Å². The van der Waals surface area contributed by atoms with Crippen molar-refractivity contribution < 1.29 is 23.8 Å². The zero-order valence-electron chi connectivity index (χ0n) is 28.1. The number of likely N-dealkylation sites (N-methyl/N-ethyl adjacent to an activating group) is 2. The summed E-state index contributed by atoms with van der Waals surface area (Å²) in [6.45, 7) is 7.53. The maximum absolute atomic E-state index is 16.0. The van der Waals surface area contributed by atoms with Crippen LogP contribution < -0.4 is 10.1 Å². The number of carbonyl (C=O) groups excluding carboxylic acids is 2. The predicted molar refractivity (Wildman–Crippen MR) is 190 cm³/mol. The molecule has 0 fully saturated rings. The van der Waals surface area contributed by atoms with Crippen LogP contribution in [0.1, 0.15) is 36.7 Å². The molecule has 0 spiro atoms. The molecule has 3 atom stereocenters. The van der Waals surface area contributed by atoms with Gasteiger partial charge in [-0.1, -0.05) is 24.8 Å². The third-order valence-corrected chi connectivity index (χ3v) is 9.67. The Hall–Kier alpha value is -4.91. The van der Waals surface area contributed by atoms with E-state index in [1.807, 2.05) is 31.5 Å². The first-order valence-corrected chi connectivity index (χ1v) is 16.9. The highest BCUT2D eigenvalue weighted by molar-refractivity contribution is 7.18. The minimum absolute atomic E-state index is 0.0253. The van der Waals surface area contributed by atoms with Gasteiger partial charge >= 0.3 is 0 Å². The number of benzene rings is 2. The summed E-state index contributed by atoms with van der Waals surface area (Å²) in [5.74, 6) is -0.491. The number of hydrogen-bond acceptors (Lipinski definition) is 8. The van der Waals surface area contributed by atoms with Crippen molar-refractivity contribution in [2.24, 2.45) is 0 Å². The van der Waals surface area contributed by atoms with E-state index >= 15 is 4.39 Å². The van der Waals surface area contributed by atoms with Gasteiger partial charge in [-0.15, -0.1) is 11.3 Å². The molecule has 0 saturated heterocycles. The average Bonchev–Trinajstić information content (AvgIpc) is 3.77. The zero-order valence-corrected chi connectivity index (χ0v) is 28.9. The van der Waals surface area contributed by atoms with Crippen LogP contribution in [0.25, 0.3) is 43.9 Å². The SMILES string of the molecule is C=CC(=O)N[C@H](C)c1cc(-c2nc(-c3ccc4c(c3)CN(C)[C@H](C(=O)N(C)C)C4)c3ccsc3c2-c2c(F)cccc2OC[C@@H](C)O)n[nH]1. The first-order valence-electron chi connectivity index (χ1n) is 16.0. The summed E-state index contributed by atoms with van der Waals surface area (Å²) in [5, 5.41) is 23.2. The molecule has 49 heavy (non-hydrogen) atoms. The number of rotatable bonds is 10. The van der Waals surface area contributed by atoms with Gasteiger partial charge in [-0.05, 0) is 80.2 Å². The number of thiophene rings is 1. The normalized spacial score (nSPS) is 15.8. The predicted octanol–water partition coefficient (Wildman–Crippen LogP) is 5.73. The fourth-order valence-corrected chi connectivity index (χ4v) is 7.15. The third kappa shape index (κ3) is 6.71. The molecule has 0 radical (unpaired) electrons. The second kappa shape index (κ2) is 13.9. The molecule has 1 aliphatic heterocycles. The van der Waals surface area contributed by atoms with Crippen molar-refractivity contribution in [2.45, 2.75) is 45.0 Å². The Morgan fingerprint density at radius 2 is 1.98 bits per heavy atom. The Morgan fingerprint density at radius 3 is 2.71 bits per heavy atom. The summed E-state index contributed by atoms with van der Waals surface area (Å²) in [7, 11) is 5.51. The number of hydrogen-bond donors (Lipinski definition) is 3. The Labute approximate surface area is 288 Å². The average molecular weight is 683 g/mol. The highest BCUT2D eigenvalue weighted by Crippen LogP contribution is 2.47. The van der Waals surface area contributed by atoms with Gasteiger partial charge in [-0.25, -0.2) is 9.37 Å². The van der Waals surface area contributed by atoms with Gasteiger partial charge in [-0.2, -0.15) is 5.10 Å². The number of aromatic nitrogens is 3. The van der Waals surface area contributed by atoms with E-state index in [1.54, 1.807) is 44.1 Å². The lowest BCUT2D eigenvalue weighted by Gasteiger charge is -2.34. The molecule has 0 unspecified atom stereocenters. The summed E-state index contributed by atoms with van der Waals surface area (Å²) >= 11 is 1.46. The van der Waals surface area contributed by atoms with E-state index in [9.17, 15) is 14.7 Å². The lowest BCUT2D eigenvalue weighted by atomic mass is 9.90. The van der Waals surface area contributed by atoms with Crippen LogP contribution in [0.5, 0.6) is 5.75 Å². The van der Waals surface area contributed by atoms with Gasteiger partial charge in [-0.3, -0.25) is 19.6 Å².